The number of ether oxygens (including phenoxy) is 1. The van der Waals surface area contributed by atoms with Crippen molar-refractivity contribution >= 4 is 6.03 Å². The van der Waals surface area contributed by atoms with Gasteiger partial charge in [-0.15, -0.1) is 0 Å². The molecule has 1 aliphatic heterocycles. The van der Waals surface area contributed by atoms with E-state index in [1.165, 1.54) is 0 Å². The lowest BCUT2D eigenvalue weighted by atomic mass is 10.0. The summed E-state index contributed by atoms with van der Waals surface area (Å²) in [7, 11) is 1.67. The Balaban J connectivity index is 1.74. The summed E-state index contributed by atoms with van der Waals surface area (Å²) in [5.41, 5.74) is 4.87. The average Bonchev–Trinajstić information content (AvgIpc) is 3.40. The van der Waals surface area contributed by atoms with Crippen LogP contribution in [-0.2, 0) is 6.54 Å². The van der Waals surface area contributed by atoms with Crippen LogP contribution in [0.15, 0.2) is 72.9 Å². The van der Waals surface area contributed by atoms with Crippen LogP contribution in [0.5, 0.6) is 5.75 Å². The Hall–Kier alpha value is -4.00. The predicted octanol–water partition coefficient (Wildman–Crippen LogP) is 4.61. The minimum absolute atomic E-state index is 0.144. The van der Waals surface area contributed by atoms with Gasteiger partial charge < -0.3 is 19.5 Å². The summed E-state index contributed by atoms with van der Waals surface area (Å²) in [6, 6.07) is 21.7. The third kappa shape index (κ3) is 3.55. The van der Waals surface area contributed by atoms with Crippen LogP contribution in [0.25, 0.3) is 11.5 Å². The quantitative estimate of drug-likeness (QED) is 0.503. The van der Waals surface area contributed by atoms with Crippen molar-refractivity contribution in [3.8, 4) is 17.3 Å². The first-order chi connectivity index (χ1) is 16.1. The summed E-state index contributed by atoms with van der Waals surface area (Å²) in [6.07, 6.45) is 2.04. The first kappa shape index (κ1) is 20.9. The fourth-order valence-electron chi connectivity index (χ4n) is 4.58. The number of aromatic nitrogens is 3. The minimum atomic E-state index is -0.295. The van der Waals surface area contributed by atoms with Gasteiger partial charge in [-0.3, -0.25) is 0 Å². The number of benzene rings is 2. The lowest BCUT2D eigenvalue weighted by Crippen LogP contribution is -2.40. The molecule has 4 aromatic rings. The molecular weight excluding hydrogens is 414 g/mol. The second kappa shape index (κ2) is 8.50. The van der Waals surface area contributed by atoms with E-state index in [1.807, 2.05) is 90.3 Å². The van der Waals surface area contributed by atoms with Crippen LogP contribution in [0, 0.1) is 6.92 Å². The van der Waals surface area contributed by atoms with E-state index >= 15 is 0 Å². The topological polar surface area (TPSA) is 64.3 Å². The molecule has 0 saturated heterocycles. The number of carbonyl (C=O) groups is 1. The molecule has 3 heterocycles. The molecule has 2 aromatic carbocycles. The second-order valence-corrected chi connectivity index (χ2v) is 8.03. The van der Waals surface area contributed by atoms with Gasteiger partial charge in [0.15, 0.2) is 0 Å². The first-order valence-corrected chi connectivity index (χ1v) is 11.1. The number of hydrogen-bond acceptors (Lipinski definition) is 3. The molecule has 168 valence electrons. The molecule has 2 amide bonds. The summed E-state index contributed by atoms with van der Waals surface area (Å²) in [5, 5.41) is 7.69. The summed E-state index contributed by atoms with van der Waals surface area (Å²) in [4.78, 5) is 15.1. The highest BCUT2D eigenvalue weighted by Crippen LogP contribution is 2.39. The number of para-hydroxylation sites is 1. The molecule has 0 bridgehead atoms. The van der Waals surface area contributed by atoms with Crippen molar-refractivity contribution in [3.05, 3.63) is 95.4 Å². The molecule has 0 fully saturated rings. The van der Waals surface area contributed by atoms with E-state index in [0.717, 1.165) is 39.8 Å². The zero-order chi connectivity index (χ0) is 22.9. The van der Waals surface area contributed by atoms with Crippen LogP contribution in [0.4, 0.5) is 4.79 Å². The van der Waals surface area contributed by atoms with E-state index in [-0.39, 0.29) is 12.1 Å². The van der Waals surface area contributed by atoms with Crippen molar-refractivity contribution in [3.63, 3.8) is 0 Å². The molecular formula is C26H27N5O2. The Morgan fingerprint density at radius 2 is 1.94 bits per heavy atom. The minimum Gasteiger partial charge on any atom is -0.494 e. The fourth-order valence-corrected chi connectivity index (χ4v) is 4.58. The van der Waals surface area contributed by atoms with Gasteiger partial charge in [-0.05, 0) is 55.8 Å². The summed E-state index contributed by atoms with van der Waals surface area (Å²) in [5.74, 6) is 1.74. The monoisotopic (exact) mass is 441 g/mol. The maximum atomic E-state index is 13.2. The molecule has 7 heteroatoms. The Morgan fingerprint density at radius 3 is 2.70 bits per heavy atom. The molecule has 0 radical (unpaired) electrons. The molecule has 1 aliphatic rings. The van der Waals surface area contributed by atoms with Crippen molar-refractivity contribution in [1.82, 2.24) is 24.6 Å². The Bertz CT molecular complexity index is 1290. The molecule has 2 aromatic heterocycles. The largest absolute Gasteiger partial charge is 0.494 e. The number of fused-ring (bicyclic) bond motifs is 3. The number of nitrogens with one attached hydrogen (secondary N) is 1. The van der Waals surface area contributed by atoms with E-state index in [9.17, 15) is 4.79 Å². The van der Waals surface area contributed by atoms with Crippen molar-refractivity contribution < 1.29 is 9.53 Å². The Morgan fingerprint density at radius 1 is 1.12 bits per heavy atom. The van der Waals surface area contributed by atoms with Crippen LogP contribution in [-0.4, -0.2) is 38.9 Å². The van der Waals surface area contributed by atoms with Gasteiger partial charge >= 0.3 is 6.03 Å². The lowest BCUT2D eigenvalue weighted by Gasteiger charge is -2.30. The summed E-state index contributed by atoms with van der Waals surface area (Å²) < 4.78 is 9.89. The van der Waals surface area contributed by atoms with Gasteiger partial charge in [0.05, 0.1) is 36.3 Å². The zero-order valence-corrected chi connectivity index (χ0v) is 19.0. The fraction of sp³-hybridized carbons (Fsp3) is 0.231. The van der Waals surface area contributed by atoms with Crippen LogP contribution in [0.1, 0.15) is 35.5 Å². The molecule has 0 unspecified atom stereocenters. The van der Waals surface area contributed by atoms with Crippen molar-refractivity contribution in [1.29, 1.82) is 0 Å². The van der Waals surface area contributed by atoms with Crippen molar-refractivity contribution in [2.45, 2.75) is 26.4 Å². The Kier molecular flexibility index (Phi) is 5.38. The Labute approximate surface area is 193 Å². The third-order valence-corrected chi connectivity index (χ3v) is 6.05. The molecule has 33 heavy (non-hydrogen) atoms. The van der Waals surface area contributed by atoms with Gasteiger partial charge in [0.2, 0.25) is 0 Å². The van der Waals surface area contributed by atoms with Gasteiger partial charge in [0.25, 0.3) is 0 Å². The van der Waals surface area contributed by atoms with Gasteiger partial charge in [-0.2, -0.15) is 5.10 Å². The van der Waals surface area contributed by atoms with E-state index < -0.39 is 0 Å². The van der Waals surface area contributed by atoms with E-state index in [1.54, 1.807) is 7.05 Å². The molecule has 7 nitrogen and oxygen atoms in total. The predicted molar refractivity (Wildman–Crippen MR) is 127 cm³/mol. The zero-order valence-electron chi connectivity index (χ0n) is 19.0. The highest BCUT2D eigenvalue weighted by molar-refractivity contribution is 5.75. The number of urea groups is 1. The van der Waals surface area contributed by atoms with E-state index in [0.29, 0.717) is 13.2 Å². The highest BCUT2D eigenvalue weighted by Gasteiger charge is 2.35. The van der Waals surface area contributed by atoms with Gasteiger partial charge in [-0.1, -0.05) is 30.3 Å². The first-order valence-electron chi connectivity index (χ1n) is 11.1. The normalized spacial score (nSPS) is 14.9. The van der Waals surface area contributed by atoms with Gasteiger partial charge in [0.1, 0.15) is 11.6 Å². The van der Waals surface area contributed by atoms with Gasteiger partial charge in [-0.25, -0.2) is 9.48 Å². The van der Waals surface area contributed by atoms with E-state index in [2.05, 4.69) is 16.0 Å². The van der Waals surface area contributed by atoms with Crippen LogP contribution >= 0.6 is 0 Å². The SMILES string of the molecule is CCOc1cccc([C@@H]2c3cccn3-c3c(c(C)nn3-c3ccccc3)CN2C(=O)NC)c1. The molecule has 5 rings (SSSR count). The maximum absolute atomic E-state index is 13.2. The molecule has 0 spiro atoms. The number of aryl methyl sites for hydroxylation is 1. The lowest BCUT2D eigenvalue weighted by molar-refractivity contribution is 0.182. The smallest absolute Gasteiger partial charge is 0.318 e. The molecule has 1 N–H and O–H groups in total. The maximum Gasteiger partial charge on any atom is 0.318 e. The van der Waals surface area contributed by atoms with Crippen LogP contribution in [0.2, 0.25) is 0 Å². The number of nitrogens with zero attached hydrogens (tertiary/aromatic N) is 4. The van der Waals surface area contributed by atoms with Crippen LogP contribution < -0.4 is 10.1 Å². The second-order valence-electron chi connectivity index (χ2n) is 8.03. The standard InChI is InChI=1S/C26H27N5O2/c1-4-33-21-13-8-10-19(16-21)24-23-14-9-15-29(23)25-22(17-30(24)26(32)27-3)18(2)28-31(25)20-11-6-5-7-12-20/h5-16,24H,4,17H2,1-3H3,(H,27,32)/t24-/m1/s1. The van der Waals surface area contributed by atoms with Crippen molar-refractivity contribution in [2.24, 2.45) is 0 Å². The highest BCUT2D eigenvalue weighted by atomic mass is 16.5. The van der Waals surface area contributed by atoms with E-state index in [4.69, 9.17) is 9.84 Å². The average molecular weight is 442 g/mol. The molecule has 1 atom stereocenters. The number of carbonyl (C=O) groups excluding carboxylic acids is 1. The molecule has 0 aliphatic carbocycles. The molecule has 0 saturated carbocycles. The number of amides is 2. The summed E-state index contributed by atoms with van der Waals surface area (Å²) >= 11 is 0. The number of rotatable bonds is 4. The summed E-state index contributed by atoms with van der Waals surface area (Å²) in [6.45, 7) is 4.98. The van der Waals surface area contributed by atoms with Gasteiger partial charge in [0, 0.05) is 18.8 Å². The number of hydrogen-bond donors (Lipinski definition) is 1. The van der Waals surface area contributed by atoms with Crippen molar-refractivity contribution in [2.75, 3.05) is 13.7 Å². The third-order valence-electron chi connectivity index (χ3n) is 6.05. The van der Waals surface area contributed by atoms with Crippen LogP contribution in [0.3, 0.4) is 0 Å².